The number of rotatable bonds is 4. The minimum absolute atomic E-state index is 0.329. The highest BCUT2D eigenvalue weighted by atomic mass is 32.1. The number of aromatic nitrogens is 2. The first kappa shape index (κ1) is 11.0. The minimum Gasteiger partial charge on any atom is -0.394 e. The summed E-state index contributed by atoms with van der Waals surface area (Å²) in [6, 6.07) is 4.54. The van der Waals surface area contributed by atoms with Gasteiger partial charge in [-0.15, -0.1) is 11.3 Å². The van der Waals surface area contributed by atoms with Gasteiger partial charge in [0.05, 0.1) is 5.69 Å². The molecule has 5 heteroatoms. The van der Waals surface area contributed by atoms with Crippen molar-refractivity contribution in [2.24, 2.45) is 7.05 Å². The molecule has 2 heterocycles. The quantitative estimate of drug-likeness (QED) is 0.854. The summed E-state index contributed by atoms with van der Waals surface area (Å²) in [6.45, 7) is 2.13. The molecule has 3 N–H and O–H groups in total. The summed E-state index contributed by atoms with van der Waals surface area (Å²) < 4.78 is 1.72. The predicted octanol–water partition coefficient (Wildman–Crippen LogP) is 2.11. The van der Waals surface area contributed by atoms with Gasteiger partial charge in [-0.1, -0.05) is 6.07 Å². The van der Waals surface area contributed by atoms with E-state index in [9.17, 15) is 0 Å². The monoisotopic (exact) mass is 236 g/mol. The van der Waals surface area contributed by atoms with Crippen LogP contribution in [0.25, 0.3) is 0 Å². The van der Waals surface area contributed by atoms with Gasteiger partial charge >= 0.3 is 0 Å². The van der Waals surface area contributed by atoms with Gasteiger partial charge in [-0.3, -0.25) is 4.68 Å². The third kappa shape index (κ3) is 2.55. The Hall–Kier alpha value is -1.49. The molecular formula is C11H16N4S. The third-order valence-electron chi connectivity index (χ3n) is 2.33. The lowest BCUT2D eigenvalue weighted by Gasteiger charge is -2.12. The van der Waals surface area contributed by atoms with Crippen molar-refractivity contribution in [1.29, 1.82) is 0 Å². The third-order valence-corrected chi connectivity index (χ3v) is 3.23. The van der Waals surface area contributed by atoms with E-state index in [4.69, 9.17) is 5.73 Å². The van der Waals surface area contributed by atoms with Crippen LogP contribution < -0.4 is 11.1 Å². The van der Waals surface area contributed by atoms with Crippen LogP contribution in [0.3, 0.4) is 0 Å². The van der Waals surface area contributed by atoms with E-state index >= 15 is 0 Å². The fraction of sp³-hybridized carbons (Fsp3) is 0.364. The summed E-state index contributed by atoms with van der Waals surface area (Å²) in [5, 5.41) is 9.68. The zero-order valence-corrected chi connectivity index (χ0v) is 10.3. The first-order valence-corrected chi connectivity index (χ1v) is 6.11. The van der Waals surface area contributed by atoms with Crippen LogP contribution >= 0.6 is 11.3 Å². The van der Waals surface area contributed by atoms with Gasteiger partial charge < -0.3 is 11.1 Å². The molecule has 4 nitrogen and oxygen atoms in total. The highest BCUT2D eigenvalue weighted by molar-refractivity contribution is 7.09. The van der Waals surface area contributed by atoms with Crippen molar-refractivity contribution in [3.8, 4) is 0 Å². The number of nitrogen functional groups attached to an aromatic ring is 1. The van der Waals surface area contributed by atoms with Crippen molar-refractivity contribution in [3.63, 3.8) is 0 Å². The lowest BCUT2D eigenvalue weighted by Crippen LogP contribution is -2.18. The second-order valence-corrected chi connectivity index (χ2v) is 4.97. The maximum atomic E-state index is 5.82. The van der Waals surface area contributed by atoms with Gasteiger partial charge in [0.2, 0.25) is 0 Å². The first-order valence-electron chi connectivity index (χ1n) is 5.23. The largest absolute Gasteiger partial charge is 0.394 e. The second-order valence-electron chi connectivity index (χ2n) is 3.94. The second kappa shape index (κ2) is 4.57. The van der Waals surface area contributed by atoms with Crippen molar-refractivity contribution in [2.75, 3.05) is 11.1 Å². The van der Waals surface area contributed by atoms with Crippen LogP contribution in [-0.2, 0) is 13.5 Å². The molecule has 16 heavy (non-hydrogen) atoms. The average Bonchev–Trinajstić information content (AvgIpc) is 2.78. The van der Waals surface area contributed by atoms with Crippen molar-refractivity contribution < 1.29 is 0 Å². The summed E-state index contributed by atoms with van der Waals surface area (Å²) in [5.74, 6) is 0.770. The molecular weight excluding hydrogens is 220 g/mol. The van der Waals surface area contributed by atoms with Crippen molar-refractivity contribution >= 4 is 22.8 Å². The molecule has 2 rings (SSSR count). The number of anilines is 2. The van der Waals surface area contributed by atoms with E-state index in [0.29, 0.717) is 11.7 Å². The van der Waals surface area contributed by atoms with E-state index in [0.717, 1.165) is 12.2 Å². The maximum absolute atomic E-state index is 5.82. The Morgan fingerprint density at radius 3 is 3.00 bits per heavy atom. The highest BCUT2D eigenvalue weighted by Crippen LogP contribution is 2.18. The molecule has 2 aromatic heterocycles. The number of hydrogen-bond acceptors (Lipinski definition) is 4. The van der Waals surface area contributed by atoms with Crippen LogP contribution in [0, 0.1) is 0 Å². The number of hydrogen-bond donors (Lipinski definition) is 2. The van der Waals surface area contributed by atoms with Crippen molar-refractivity contribution in [2.45, 2.75) is 19.4 Å². The Balaban J connectivity index is 1.97. The van der Waals surface area contributed by atoms with Crippen LogP contribution in [0.1, 0.15) is 11.8 Å². The maximum Gasteiger partial charge on any atom is 0.171 e. The van der Waals surface area contributed by atoms with Gasteiger partial charge in [0, 0.05) is 30.6 Å². The molecule has 0 saturated carbocycles. The van der Waals surface area contributed by atoms with Crippen LogP contribution in [0.5, 0.6) is 0 Å². The predicted molar refractivity (Wildman–Crippen MR) is 68.7 cm³/mol. The van der Waals surface area contributed by atoms with E-state index in [1.165, 1.54) is 4.88 Å². The van der Waals surface area contributed by atoms with Crippen molar-refractivity contribution in [3.05, 3.63) is 28.6 Å². The highest BCUT2D eigenvalue weighted by Gasteiger charge is 2.09. The van der Waals surface area contributed by atoms with Crippen LogP contribution in [0.2, 0.25) is 0 Å². The molecule has 0 bridgehead atoms. The van der Waals surface area contributed by atoms with Gasteiger partial charge in [-0.05, 0) is 18.4 Å². The summed E-state index contributed by atoms with van der Waals surface area (Å²) in [7, 11) is 1.87. The Morgan fingerprint density at radius 1 is 1.62 bits per heavy atom. The molecule has 0 aromatic carbocycles. The molecule has 0 amide bonds. The molecule has 86 valence electrons. The Bertz CT molecular complexity index is 447. The van der Waals surface area contributed by atoms with Crippen LogP contribution in [0.4, 0.5) is 11.5 Å². The smallest absolute Gasteiger partial charge is 0.171 e. The van der Waals surface area contributed by atoms with Gasteiger partial charge in [0.25, 0.3) is 0 Å². The topological polar surface area (TPSA) is 55.9 Å². The normalized spacial score (nSPS) is 12.6. The van der Waals surface area contributed by atoms with Crippen LogP contribution in [0.15, 0.2) is 23.7 Å². The summed E-state index contributed by atoms with van der Waals surface area (Å²) in [5.41, 5.74) is 6.51. The Kier molecular flexibility index (Phi) is 3.14. The van der Waals surface area contributed by atoms with Gasteiger partial charge in [0.15, 0.2) is 5.82 Å². The Labute approximate surface area is 99.1 Å². The summed E-state index contributed by atoms with van der Waals surface area (Å²) in [4.78, 5) is 1.37. The lowest BCUT2D eigenvalue weighted by atomic mass is 10.2. The molecule has 1 atom stereocenters. The van der Waals surface area contributed by atoms with Gasteiger partial charge in [-0.2, -0.15) is 5.10 Å². The molecule has 1 unspecified atom stereocenters. The Morgan fingerprint density at radius 2 is 2.44 bits per heavy atom. The number of nitrogens with one attached hydrogen (secondary N) is 1. The molecule has 0 radical (unpaired) electrons. The standard InChI is InChI=1S/C11H16N4S/c1-8(6-9-4-3-5-16-9)13-11-10(12)7-15(2)14-11/h3-5,7-8H,6,12H2,1-2H3,(H,13,14). The summed E-state index contributed by atoms with van der Waals surface area (Å²) >= 11 is 1.77. The zero-order chi connectivity index (χ0) is 11.5. The first-order chi connectivity index (χ1) is 7.65. The van der Waals surface area contributed by atoms with Crippen LogP contribution in [-0.4, -0.2) is 15.8 Å². The molecule has 0 saturated heterocycles. The van der Waals surface area contributed by atoms with Gasteiger partial charge in [0.1, 0.15) is 0 Å². The molecule has 0 aliphatic rings. The van der Waals surface area contributed by atoms with Crippen molar-refractivity contribution in [1.82, 2.24) is 9.78 Å². The van der Waals surface area contributed by atoms with E-state index < -0.39 is 0 Å². The fourth-order valence-electron chi connectivity index (χ4n) is 1.63. The molecule has 0 aliphatic carbocycles. The fourth-order valence-corrected chi connectivity index (χ4v) is 2.47. The number of aryl methyl sites for hydroxylation is 1. The van der Waals surface area contributed by atoms with E-state index in [1.807, 2.05) is 7.05 Å². The lowest BCUT2D eigenvalue weighted by molar-refractivity contribution is 0.748. The van der Waals surface area contributed by atoms with Gasteiger partial charge in [-0.25, -0.2) is 0 Å². The van der Waals surface area contributed by atoms with E-state index in [1.54, 1.807) is 22.2 Å². The molecule has 0 aliphatic heterocycles. The van der Waals surface area contributed by atoms with E-state index in [-0.39, 0.29) is 0 Å². The van der Waals surface area contributed by atoms with E-state index in [2.05, 4.69) is 34.9 Å². The number of thiophene rings is 1. The molecule has 2 aromatic rings. The number of nitrogens with two attached hydrogens (primary N) is 1. The zero-order valence-electron chi connectivity index (χ0n) is 9.47. The average molecular weight is 236 g/mol. The minimum atomic E-state index is 0.329. The molecule has 0 spiro atoms. The number of nitrogens with zero attached hydrogens (tertiary/aromatic N) is 2. The summed E-state index contributed by atoms with van der Waals surface area (Å²) in [6.07, 6.45) is 2.80. The molecule has 0 fully saturated rings. The SMILES string of the molecule is CC(Cc1cccs1)Nc1nn(C)cc1N.